The van der Waals surface area contributed by atoms with Gasteiger partial charge in [0.2, 0.25) is 0 Å². The molecule has 198 valence electrons. The van der Waals surface area contributed by atoms with Gasteiger partial charge in [-0.15, -0.1) is 5.06 Å². The Labute approximate surface area is 214 Å². The van der Waals surface area contributed by atoms with Crippen molar-refractivity contribution in [1.82, 2.24) is 5.06 Å². The van der Waals surface area contributed by atoms with Crippen LogP contribution in [0.5, 0.6) is 5.75 Å². The summed E-state index contributed by atoms with van der Waals surface area (Å²) in [6.07, 6.45) is 0.579. The predicted molar refractivity (Wildman–Crippen MR) is 136 cm³/mol. The van der Waals surface area contributed by atoms with Crippen LogP contribution in [0, 0.1) is 0 Å². The maximum atomic E-state index is 12.1. The van der Waals surface area contributed by atoms with Crippen LogP contribution in [0.2, 0.25) is 0 Å². The topological polar surface area (TPSA) is 86.7 Å². The van der Waals surface area contributed by atoms with E-state index in [9.17, 15) is 9.90 Å². The van der Waals surface area contributed by atoms with Crippen molar-refractivity contribution in [2.24, 2.45) is 0 Å². The Hall–Kier alpha value is -2.65. The zero-order valence-electron chi connectivity index (χ0n) is 21.6. The number of aliphatic hydroxyl groups excluding tert-OH is 1. The van der Waals surface area contributed by atoms with E-state index in [4.69, 9.17) is 23.8 Å². The van der Waals surface area contributed by atoms with Crippen molar-refractivity contribution in [2.75, 3.05) is 39.5 Å². The molecule has 1 fully saturated rings. The number of rotatable bonds is 12. The van der Waals surface area contributed by atoms with E-state index in [1.807, 2.05) is 42.5 Å². The molecule has 8 nitrogen and oxygen atoms in total. The number of hydrogen-bond donors (Lipinski definition) is 1. The minimum absolute atomic E-state index is 0.0714. The van der Waals surface area contributed by atoms with Crippen LogP contribution in [0.4, 0.5) is 4.79 Å². The number of ether oxygens (including phenoxy) is 4. The van der Waals surface area contributed by atoms with Crippen molar-refractivity contribution in [2.45, 2.75) is 57.8 Å². The summed E-state index contributed by atoms with van der Waals surface area (Å²) in [5, 5.41) is 10.8. The molecular formula is C28H39NO7. The second-order valence-corrected chi connectivity index (χ2v) is 9.78. The van der Waals surface area contributed by atoms with E-state index in [0.717, 1.165) is 29.7 Å². The van der Waals surface area contributed by atoms with Gasteiger partial charge in [-0.3, -0.25) is 0 Å². The van der Waals surface area contributed by atoms with E-state index in [1.54, 1.807) is 25.8 Å². The predicted octanol–water partition coefficient (Wildman–Crippen LogP) is 4.71. The quantitative estimate of drug-likeness (QED) is 0.331. The molecule has 2 aromatic carbocycles. The van der Waals surface area contributed by atoms with Gasteiger partial charge in [0.25, 0.3) is 0 Å². The van der Waals surface area contributed by atoms with Gasteiger partial charge in [-0.1, -0.05) is 42.5 Å². The van der Waals surface area contributed by atoms with E-state index in [2.05, 4.69) is 12.1 Å². The van der Waals surface area contributed by atoms with E-state index in [0.29, 0.717) is 32.9 Å². The lowest BCUT2D eigenvalue weighted by Crippen LogP contribution is -2.45. The second kappa shape index (κ2) is 14.2. The molecule has 8 heteroatoms. The smallest absolute Gasteiger partial charge is 0.494 e. The number of hydroxylamine groups is 2. The largest absolute Gasteiger partial charge is 0.528 e. The zero-order chi connectivity index (χ0) is 25.8. The first-order valence-electron chi connectivity index (χ1n) is 12.6. The zero-order valence-corrected chi connectivity index (χ0v) is 21.6. The lowest BCUT2D eigenvalue weighted by atomic mass is 9.87. The standard InChI is InChI=1S/C28H39NO7/c1-28(2,3)35-27(31)36-29-15-14-25(26(20-29)34-19-16-30)23-10-12-24(13-11-23)33-18-7-17-32-21-22-8-5-4-6-9-22/h4-6,8-13,25-26,30H,7,14-21H2,1-3H3. The lowest BCUT2D eigenvalue weighted by molar-refractivity contribution is -0.178. The van der Waals surface area contributed by atoms with Crippen molar-refractivity contribution in [1.29, 1.82) is 0 Å². The normalized spacial score (nSPS) is 18.6. The number of aliphatic hydroxyl groups is 1. The van der Waals surface area contributed by atoms with E-state index >= 15 is 0 Å². The number of hydrogen-bond acceptors (Lipinski definition) is 8. The Balaban J connectivity index is 1.45. The fourth-order valence-electron chi connectivity index (χ4n) is 4.03. The van der Waals surface area contributed by atoms with Crippen molar-refractivity contribution >= 4 is 6.16 Å². The Bertz CT molecular complexity index is 898. The minimum Gasteiger partial charge on any atom is -0.494 e. The molecule has 0 radical (unpaired) electrons. The molecule has 1 N–H and O–H groups in total. The first-order chi connectivity index (χ1) is 17.3. The second-order valence-electron chi connectivity index (χ2n) is 9.78. The molecule has 0 aromatic heterocycles. The molecule has 0 aliphatic carbocycles. The molecule has 2 aromatic rings. The summed E-state index contributed by atoms with van der Waals surface area (Å²) in [5.74, 6) is 0.913. The summed E-state index contributed by atoms with van der Waals surface area (Å²) in [6, 6.07) is 18.1. The highest BCUT2D eigenvalue weighted by Crippen LogP contribution is 2.32. The van der Waals surface area contributed by atoms with Crippen molar-refractivity contribution < 1.29 is 33.7 Å². The Morgan fingerprint density at radius 2 is 1.78 bits per heavy atom. The molecular weight excluding hydrogens is 462 g/mol. The summed E-state index contributed by atoms with van der Waals surface area (Å²) in [4.78, 5) is 17.4. The van der Waals surface area contributed by atoms with Crippen LogP contribution >= 0.6 is 0 Å². The minimum atomic E-state index is -0.728. The van der Waals surface area contributed by atoms with Crippen LogP contribution < -0.4 is 4.74 Å². The molecule has 0 bridgehead atoms. The van der Waals surface area contributed by atoms with E-state index in [1.165, 1.54) is 0 Å². The third-order valence-electron chi connectivity index (χ3n) is 5.66. The number of carbonyl (C=O) groups excluding carboxylic acids is 1. The molecule has 0 amide bonds. The van der Waals surface area contributed by atoms with Gasteiger partial charge in [-0.25, -0.2) is 4.79 Å². The average Bonchev–Trinajstić information content (AvgIpc) is 2.85. The summed E-state index contributed by atoms with van der Waals surface area (Å²) in [7, 11) is 0. The maximum Gasteiger partial charge on any atom is 0.528 e. The van der Waals surface area contributed by atoms with Crippen LogP contribution in [-0.2, 0) is 25.7 Å². The van der Waals surface area contributed by atoms with Crippen LogP contribution in [0.15, 0.2) is 54.6 Å². The third-order valence-corrected chi connectivity index (χ3v) is 5.66. The summed E-state index contributed by atoms with van der Waals surface area (Å²) in [6.45, 7) is 8.30. The molecule has 1 heterocycles. The van der Waals surface area contributed by atoms with Gasteiger partial charge >= 0.3 is 6.16 Å². The Kier molecular flexibility index (Phi) is 11.0. The summed E-state index contributed by atoms with van der Waals surface area (Å²) >= 11 is 0. The third kappa shape index (κ3) is 9.78. The molecule has 1 aliphatic rings. The van der Waals surface area contributed by atoms with Gasteiger partial charge in [0, 0.05) is 18.9 Å². The van der Waals surface area contributed by atoms with Gasteiger partial charge in [0.15, 0.2) is 0 Å². The van der Waals surface area contributed by atoms with Crippen molar-refractivity contribution in [3.63, 3.8) is 0 Å². The van der Waals surface area contributed by atoms with Crippen LogP contribution in [0.3, 0.4) is 0 Å². The Morgan fingerprint density at radius 1 is 1.03 bits per heavy atom. The molecule has 36 heavy (non-hydrogen) atoms. The average molecular weight is 502 g/mol. The molecule has 1 saturated heterocycles. The lowest BCUT2D eigenvalue weighted by Gasteiger charge is -2.37. The van der Waals surface area contributed by atoms with Gasteiger partial charge in [0.1, 0.15) is 11.4 Å². The summed E-state index contributed by atoms with van der Waals surface area (Å²) < 4.78 is 22.7. The van der Waals surface area contributed by atoms with Crippen LogP contribution in [-0.4, -0.2) is 67.5 Å². The number of carbonyl (C=O) groups is 1. The summed E-state index contributed by atoms with van der Waals surface area (Å²) in [5.41, 5.74) is 1.66. The number of nitrogens with zero attached hydrogens (tertiary/aromatic N) is 1. The van der Waals surface area contributed by atoms with Gasteiger partial charge < -0.3 is 28.9 Å². The molecule has 1 aliphatic heterocycles. The SMILES string of the molecule is CC(C)(C)OC(=O)ON1CCC(c2ccc(OCCCOCc3ccccc3)cc2)C(OCCO)C1. The Morgan fingerprint density at radius 3 is 2.47 bits per heavy atom. The highest BCUT2D eigenvalue weighted by atomic mass is 16.8. The number of benzene rings is 2. The van der Waals surface area contributed by atoms with Gasteiger partial charge in [-0.05, 0) is 50.5 Å². The van der Waals surface area contributed by atoms with Gasteiger partial charge in [-0.2, -0.15) is 0 Å². The molecule has 0 saturated carbocycles. The van der Waals surface area contributed by atoms with Crippen molar-refractivity contribution in [3.05, 3.63) is 65.7 Å². The number of piperidine rings is 1. The van der Waals surface area contributed by atoms with E-state index in [-0.39, 0.29) is 25.2 Å². The molecule has 3 rings (SSSR count). The van der Waals surface area contributed by atoms with Gasteiger partial charge in [0.05, 0.1) is 45.7 Å². The van der Waals surface area contributed by atoms with Crippen LogP contribution in [0.25, 0.3) is 0 Å². The van der Waals surface area contributed by atoms with E-state index < -0.39 is 11.8 Å². The maximum absolute atomic E-state index is 12.1. The highest BCUT2D eigenvalue weighted by Gasteiger charge is 2.33. The molecule has 0 spiro atoms. The molecule has 2 unspecified atom stereocenters. The first-order valence-corrected chi connectivity index (χ1v) is 12.6. The van der Waals surface area contributed by atoms with Crippen LogP contribution in [0.1, 0.15) is 50.7 Å². The van der Waals surface area contributed by atoms with Crippen molar-refractivity contribution in [3.8, 4) is 5.75 Å². The monoisotopic (exact) mass is 501 g/mol. The fraction of sp³-hybridized carbons (Fsp3) is 0.536. The fourth-order valence-corrected chi connectivity index (χ4v) is 4.03. The first kappa shape index (κ1) is 27.9. The molecule has 2 atom stereocenters. The highest BCUT2D eigenvalue weighted by molar-refractivity contribution is 5.60.